The van der Waals surface area contributed by atoms with Crippen LogP contribution in [0.3, 0.4) is 0 Å². The Morgan fingerprint density at radius 1 is 1.00 bits per heavy atom. The van der Waals surface area contributed by atoms with E-state index in [-0.39, 0.29) is 5.75 Å². The van der Waals surface area contributed by atoms with Gasteiger partial charge in [-0.2, -0.15) is 0 Å². The van der Waals surface area contributed by atoms with Gasteiger partial charge in [-0.15, -0.1) is 0 Å². The summed E-state index contributed by atoms with van der Waals surface area (Å²) in [6, 6.07) is 15.9. The molecule has 2 aromatic carbocycles. The van der Waals surface area contributed by atoms with Gasteiger partial charge in [0.1, 0.15) is 28.9 Å². The minimum Gasteiger partial charge on any atom is -0.363 e. The number of benzene rings is 2. The minimum absolute atomic E-state index is 0.280. The molecule has 2 N–H and O–H groups in total. The number of aryl methyl sites for hydroxylation is 1. The minimum atomic E-state index is -3.66. The van der Waals surface area contributed by atoms with Crippen molar-refractivity contribution in [2.75, 3.05) is 29.0 Å². The number of rotatable bonds is 7. The van der Waals surface area contributed by atoms with Gasteiger partial charge in [-0.1, -0.05) is 17.3 Å². The van der Waals surface area contributed by atoms with Gasteiger partial charge in [0, 0.05) is 36.9 Å². The average molecular weight is 439 g/mol. The molecule has 0 aliphatic rings. The molecule has 0 aliphatic heterocycles. The Hall–Kier alpha value is -3.66. The molecule has 2 aromatic heterocycles. The van der Waals surface area contributed by atoms with Gasteiger partial charge < -0.3 is 14.7 Å². The lowest BCUT2D eigenvalue weighted by Gasteiger charge is -2.14. The molecule has 2 heterocycles. The molecule has 31 heavy (non-hydrogen) atoms. The van der Waals surface area contributed by atoms with Crippen LogP contribution in [-0.2, 0) is 15.8 Å². The maximum Gasteiger partial charge on any atom is 0.238 e. The van der Waals surface area contributed by atoms with E-state index >= 15 is 0 Å². The van der Waals surface area contributed by atoms with E-state index in [2.05, 4.69) is 25.2 Å². The summed E-state index contributed by atoms with van der Waals surface area (Å²) in [5, 5.41) is 7.78. The largest absolute Gasteiger partial charge is 0.363 e. The summed E-state index contributed by atoms with van der Waals surface area (Å²) in [5.41, 5.74) is 2.15. The molecule has 0 unspecified atom stereocenters. The van der Waals surface area contributed by atoms with Crippen molar-refractivity contribution in [3.8, 4) is 0 Å². The van der Waals surface area contributed by atoms with Crippen LogP contribution in [0.2, 0.25) is 0 Å². The zero-order valence-corrected chi connectivity index (χ0v) is 18.1. The summed E-state index contributed by atoms with van der Waals surface area (Å²) >= 11 is 0. The second-order valence-electron chi connectivity index (χ2n) is 7.24. The normalized spacial score (nSPS) is 11.5. The lowest BCUT2D eigenvalue weighted by Crippen LogP contribution is -2.15. The Morgan fingerprint density at radius 2 is 1.71 bits per heavy atom. The van der Waals surface area contributed by atoms with Crippen molar-refractivity contribution in [3.63, 3.8) is 0 Å². The van der Waals surface area contributed by atoms with Crippen molar-refractivity contribution in [2.45, 2.75) is 12.7 Å². The van der Waals surface area contributed by atoms with Gasteiger partial charge in [-0.3, -0.25) is 4.72 Å². The summed E-state index contributed by atoms with van der Waals surface area (Å²) in [6.07, 6.45) is 0. The summed E-state index contributed by atoms with van der Waals surface area (Å²) < 4.78 is 33.0. The summed E-state index contributed by atoms with van der Waals surface area (Å²) in [7, 11) is 0.161. The van der Waals surface area contributed by atoms with E-state index in [4.69, 9.17) is 4.52 Å². The van der Waals surface area contributed by atoms with Crippen molar-refractivity contribution in [1.29, 1.82) is 0 Å². The molecular formula is C21H22N6O3S. The second-order valence-corrected chi connectivity index (χ2v) is 8.96. The standard InChI is InChI=1S/C21H22N6O3S/c1-14-22-20(12-21(23-14)27(2)3)24-15-8-10-16(11-9-15)26-31(28,29)13-18-17-6-4-5-7-19(17)30-25-18/h4-12,26H,13H2,1-3H3,(H,22,23,24). The lowest BCUT2D eigenvalue weighted by atomic mass is 10.2. The van der Waals surface area contributed by atoms with Gasteiger partial charge in [0.25, 0.3) is 0 Å². The summed E-state index contributed by atoms with van der Waals surface area (Å²) in [6.45, 7) is 1.83. The van der Waals surface area contributed by atoms with Crippen molar-refractivity contribution in [1.82, 2.24) is 15.1 Å². The zero-order valence-electron chi connectivity index (χ0n) is 17.3. The molecule has 0 bridgehead atoms. The molecule has 9 nitrogen and oxygen atoms in total. The maximum atomic E-state index is 12.6. The van der Waals surface area contributed by atoms with Gasteiger partial charge >= 0.3 is 0 Å². The van der Waals surface area contributed by atoms with Gasteiger partial charge in [-0.05, 0) is 43.3 Å². The van der Waals surface area contributed by atoms with Crippen LogP contribution in [0.4, 0.5) is 23.0 Å². The Balaban J connectivity index is 1.46. The van der Waals surface area contributed by atoms with E-state index in [1.165, 1.54) is 0 Å². The Bertz CT molecular complexity index is 1320. The van der Waals surface area contributed by atoms with Crippen LogP contribution in [0, 0.1) is 6.92 Å². The van der Waals surface area contributed by atoms with E-state index in [1.807, 2.05) is 44.1 Å². The third-order valence-electron chi connectivity index (χ3n) is 4.49. The molecule has 4 rings (SSSR count). The first kappa shape index (κ1) is 20.6. The van der Waals surface area contributed by atoms with Crippen LogP contribution in [0.15, 0.2) is 59.1 Å². The molecule has 0 radical (unpaired) electrons. The molecule has 0 atom stereocenters. The third-order valence-corrected chi connectivity index (χ3v) is 5.69. The Labute approximate surface area is 180 Å². The molecule has 0 saturated carbocycles. The number of fused-ring (bicyclic) bond motifs is 1. The summed E-state index contributed by atoms with van der Waals surface area (Å²) in [5.74, 6) is 1.82. The highest BCUT2D eigenvalue weighted by molar-refractivity contribution is 7.91. The zero-order chi connectivity index (χ0) is 22.0. The fraction of sp³-hybridized carbons (Fsp3) is 0.190. The van der Waals surface area contributed by atoms with Crippen molar-refractivity contribution < 1.29 is 12.9 Å². The van der Waals surface area contributed by atoms with E-state index in [9.17, 15) is 8.42 Å². The molecule has 4 aromatic rings. The smallest absolute Gasteiger partial charge is 0.238 e. The SMILES string of the molecule is Cc1nc(Nc2ccc(NS(=O)(=O)Cc3noc4ccccc34)cc2)cc(N(C)C)n1. The molecule has 0 spiro atoms. The predicted octanol–water partition coefficient (Wildman–Crippen LogP) is 3.68. The highest BCUT2D eigenvalue weighted by atomic mass is 32.2. The Kier molecular flexibility index (Phi) is 5.47. The van der Waals surface area contributed by atoms with Gasteiger partial charge in [-0.25, -0.2) is 18.4 Å². The molecule has 0 aliphatic carbocycles. The number of hydrogen-bond donors (Lipinski definition) is 2. The van der Waals surface area contributed by atoms with Gasteiger partial charge in [0.15, 0.2) is 5.58 Å². The number of sulfonamides is 1. The topological polar surface area (TPSA) is 113 Å². The average Bonchev–Trinajstić information content (AvgIpc) is 3.11. The van der Waals surface area contributed by atoms with Crippen LogP contribution < -0.4 is 14.9 Å². The maximum absolute atomic E-state index is 12.6. The number of para-hydroxylation sites is 1. The second kappa shape index (κ2) is 8.23. The number of aromatic nitrogens is 3. The fourth-order valence-corrected chi connectivity index (χ4v) is 4.19. The van der Waals surface area contributed by atoms with Gasteiger partial charge in [0.2, 0.25) is 10.0 Å². The van der Waals surface area contributed by atoms with Crippen LogP contribution in [-0.4, -0.2) is 37.6 Å². The molecule has 0 fully saturated rings. The summed E-state index contributed by atoms with van der Waals surface area (Å²) in [4.78, 5) is 10.6. The van der Waals surface area contributed by atoms with E-state index in [0.717, 1.165) is 11.5 Å². The monoisotopic (exact) mass is 438 g/mol. The molecule has 160 valence electrons. The van der Waals surface area contributed by atoms with Crippen molar-refractivity contribution in [2.24, 2.45) is 0 Å². The first-order valence-corrected chi connectivity index (χ1v) is 11.2. The Morgan fingerprint density at radius 3 is 2.45 bits per heavy atom. The van der Waals surface area contributed by atoms with Crippen molar-refractivity contribution >= 4 is 44.0 Å². The molecule has 10 heteroatoms. The highest BCUT2D eigenvalue weighted by Crippen LogP contribution is 2.23. The van der Waals surface area contributed by atoms with Gasteiger partial charge in [0.05, 0.1) is 0 Å². The number of hydrogen-bond acceptors (Lipinski definition) is 8. The predicted molar refractivity (Wildman–Crippen MR) is 121 cm³/mol. The number of nitrogens with zero attached hydrogens (tertiary/aromatic N) is 4. The van der Waals surface area contributed by atoms with Crippen molar-refractivity contribution in [3.05, 3.63) is 66.1 Å². The third kappa shape index (κ3) is 4.92. The quantitative estimate of drug-likeness (QED) is 0.449. The fourth-order valence-electron chi connectivity index (χ4n) is 3.05. The van der Waals surface area contributed by atoms with Crippen LogP contribution >= 0.6 is 0 Å². The van der Waals surface area contributed by atoms with Crippen LogP contribution in [0.25, 0.3) is 11.0 Å². The van der Waals surface area contributed by atoms with E-state index in [0.29, 0.717) is 34.0 Å². The molecule has 0 saturated heterocycles. The number of nitrogens with one attached hydrogen (secondary N) is 2. The molecule has 0 amide bonds. The number of anilines is 4. The first-order valence-electron chi connectivity index (χ1n) is 9.53. The van der Waals surface area contributed by atoms with Crippen LogP contribution in [0.1, 0.15) is 11.5 Å². The van der Waals surface area contributed by atoms with Crippen LogP contribution in [0.5, 0.6) is 0 Å². The highest BCUT2D eigenvalue weighted by Gasteiger charge is 2.17. The first-order chi connectivity index (χ1) is 14.8. The molecular weight excluding hydrogens is 416 g/mol. The van der Waals surface area contributed by atoms with E-state index in [1.54, 1.807) is 36.4 Å². The van der Waals surface area contributed by atoms with E-state index < -0.39 is 10.0 Å². The lowest BCUT2D eigenvalue weighted by molar-refractivity contribution is 0.448.